The SMILES string of the molecule is COc1ccc(S(=O)(=O)N[C@@H](C)C(=O)Nc2ccc(C)c(C)c2)cc1OC. The molecule has 146 valence electrons. The van der Waals surface area contributed by atoms with E-state index < -0.39 is 22.0 Å². The molecule has 2 aromatic carbocycles. The van der Waals surface area contributed by atoms with Crippen molar-refractivity contribution in [1.82, 2.24) is 4.72 Å². The quantitative estimate of drug-likeness (QED) is 0.755. The molecule has 1 amide bonds. The van der Waals surface area contributed by atoms with E-state index in [1.54, 1.807) is 6.07 Å². The molecule has 0 bridgehead atoms. The van der Waals surface area contributed by atoms with E-state index in [2.05, 4.69) is 10.0 Å². The van der Waals surface area contributed by atoms with Gasteiger partial charge in [0.15, 0.2) is 11.5 Å². The van der Waals surface area contributed by atoms with Crippen molar-refractivity contribution >= 4 is 21.6 Å². The summed E-state index contributed by atoms with van der Waals surface area (Å²) in [5.41, 5.74) is 2.75. The molecule has 2 aromatic rings. The van der Waals surface area contributed by atoms with Gasteiger partial charge in [-0.15, -0.1) is 0 Å². The van der Waals surface area contributed by atoms with Crippen LogP contribution in [0.25, 0.3) is 0 Å². The predicted octanol–water partition coefficient (Wildman–Crippen LogP) is 2.63. The lowest BCUT2D eigenvalue weighted by atomic mass is 10.1. The Balaban J connectivity index is 2.14. The Morgan fingerprint density at radius 3 is 2.22 bits per heavy atom. The number of anilines is 1. The van der Waals surface area contributed by atoms with Gasteiger partial charge in [0, 0.05) is 11.8 Å². The highest BCUT2D eigenvalue weighted by Gasteiger charge is 2.23. The molecule has 7 nitrogen and oxygen atoms in total. The number of carbonyl (C=O) groups excluding carboxylic acids is 1. The minimum Gasteiger partial charge on any atom is -0.493 e. The van der Waals surface area contributed by atoms with Gasteiger partial charge in [-0.3, -0.25) is 4.79 Å². The largest absolute Gasteiger partial charge is 0.493 e. The summed E-state index contributed by atoms with van der Waals surface area (Å²) in [6, 6.07) is 8.76. The monoisotopic (exact) mass is 392 g/mol. The fourth-order valence-electron chi connectivity index (χ4n) is 2.41. The zero-order chi connectivity index (χ0) is 20.2. The van der Waals surface area contributed by atoms with Crippen LogP contribution in [0.2, 0.25) is 0 Å². The van der Waals surface area contributed by atoms with Crippen LogP contribution >= 0.6 is 0 Å². The summed E-state index contributed by atoms with van der Waals surface area (Å²) in [5.74, 6) is 0.242. The molecule has 2 N–H and O–H groups in total. The van der Waals surface area contributed by atoms with Gasteiger partial charge in [-0.2, -0.15) is 4.72 Å². The molecule has 0 spiro atoms. The highest BCUT2D eigenvalue weighted by molar-refractivity contribution is 7.89. The molecule has 0 radical (unpaired) electrons. The van der Waals surface area contributed by atoms with Crippen LogP contribution < -0.4 is 19.5 Å². The minimum atomic E-state index is -3.92. The summed E-state index contributed by atoms with van der Waals surface area (Å²) in [6.45, 7) is 5.39. The van der Waals surface area contributed by atoms with Gasteiger partial charge in [0.05, 0.1) is 25.2 Å². The Morgan fingerprint density at radius 2 is 1.63 bits per heavy atom. The average Bonchev–Trinajstić information content (AvgIpc) is 2.63. The summed E-state index contributed by atoms with van der Waals surface area (Å²) in [6.07, 6.45) is 0. The Bertz CT molecular complexity index is 941. The van der Waals surface area contributed by atoms with E-state index in [1.165, 1.54) is 39.3 Å². The molecular formula is C19H24N2O5S. The van der Waals surface area contributed by atoms with Crippen LogP contribution in [0.1, 0.15) is 18.1 Å². The van der Waals surface area contributed by atoms with Gasteiger partial charge in [-0.25, -0.2) is 8.42 Å². The third kappa shape index (κ3) is 4.99. The lowest BCUT2D eigenvalue weighted by Gasteiger charge is -2.16. The lowest BCUT2D eigenvalue weighted by molar-refractivity contribution is -0.117. The number of methoxy groups -OCH3 is 2. The van der Waals surface area contributed by atoms with Crippen molar-refractivity contribution in [2.45, 2.75) is 31.7 Å². The number of carbonyl (C=O) groups is 1. The van der Waals surface area contributed by atoms with Crippen molar-refractivity contribution in [3.05, 3.63) is 47.5 Å². The second kappa shape index (κ2) is 8.41. The van der Waals surface area contributed by atoms with E-state index >= 15 is 0 Å². The van der Waals surface area contributed by atoms with E-state index in [1.807, 2.05) is 26.0 Å². The molecule has 27 heavy (non-hydrogen) atoms. The van der Waals surface area contributed by atoms with Crippen molar-refractivity contribution in [1.29, 1.82) is 0 Å². The first-order valence-electron chi connectivity index (χ1n) is 8.30. The molecule has 0 saturated heterocycles. The second-order valence-electron chi connectivity index (χ2n) is 6.15. The number of ether oxygens (including phenoxy) is 2. The van der Waals surface area contributed by atoms with Crippen LogP contribution in [0.15, 0.2) is 41.3 Å². The molecule has 0 unspecified atom stereocenters. The highest BCUT2D eigenvalue weighted by Crippen LogP contribution is 2.29. The number of nitrogens with one attached hydrogen (secondary N) is 2. The van der Waals surface area contributed by atoms with E-state index in [0.717, 1.165) is 11.1 Å². The van der Waals surface area contributed by atoms with Crippen molar-refractivity contribution in [2.75, 3.05) is 19.5 Å². The number of aryl methyl sites for hydroxylation is 2. The molecule has 0 fully saturated rings. The lowest BCUT2D eigenvalue weighted by Crippen LogP contribution is -2.41. The molecule has 0 aliphatic rings. The summed E-state index contributed by atoms with van der Waals surface area (Å²) in [5, 5.41) is 2.71. The molecule has 8 heteroatoms. The normalized spacial score (nSPS) is 12.3. The molecule has 2 rings (SSSR count). The maximum Gasteiger partial charge on any atom is 0.242 e. The summed E-state index contributed by atoms with van der Waals surface area (Å²) < 4.78 is 37.8. The maximum atomic E-state index is 12.6. The smallest absolute Gasteiger partial charge is 0.242 e. The fraction of sp³-hybridized carbons (Fsp3) is 0.316. The van der Waals surface area contributed by atoms with Crippen molar-refractivity contribution in [3.8, 4) is 11.5 Å². The van der Waals surface area contributed by atoms with Gasteiger partial charge < -0.3 is 14.8 Å². The first kappa shape index (κ1) is 20.7. The van der Waals surface area contributed by atoms with Gasteiger partial charge in [-0.05, 0) is 56.2 Å². The maximum absolute atomic E-state index is 12.6. The molecule has 0 heterocycles. The number of amides is 1. The molecule has 0 aliphatic carbocycles. The third-order valence-electron chi connectivity index (χ3n) is 4.16. The average molecular weight is 392 g/mol. The topological polar surface area (TPSA) is 93.7 Å². The van der Waals surface area contributed by atoms with E-state index in [9.17, 15) is 13.2 Å². The van der Waals surface area contributed by atoms with Crippen molar-refractivity contribution in [3.63, 3.8) is 0 Å². The summed E-state index contributed by atoms with van der Waals surface area (Å²) in [4.78, 5) is 12.3. The standard InChI is InChI=1S/C19H24N2O5S/c1-12-6-7-15(10-13(12)2)20-19(22)14(3)21-27(23,24)16-8-9-17(25-4)18(11-16)26-5/h6-11,14,21H,1-5H3,(H,20,22)/t14-/m0/s1. The van der Waals surface area contributed by atoms with Crippen LogP contribution in [-0.2, 0) is 14.8 Å². The van der Waals surface area contributed by atoms with E-state index in [4.69, 9.17) is 9.47 Å². The molecule has 0 saturated carbocycles. The number of hydrogen-bond acceptors (Lipinski definition) is 5. The summed E-state index contributed by atoms with van der Waals surface area (Å²) >= 11 is 0. The van der Waals surface area contributed by atoms with Crippen LogP contribution in [-0.4, -0.2) is 34.6 Å². The Morgan fingerprint density at radius 1 is 0.963 bits per heavy atom. The summed E-state index contributed by atoms with van der Waals surface area (Å²) in [7, 11) is -1.04. The molecule has 0 aromatic heterocycles. The number of benzene rings is 2. The zero-order valence-corrected chi connectivity index (χ0v) is 16.8. The van der Waals surface area contributed by atoms with Gasteiger partial charge in [0.1, 0.15) is 0 Å². The van der Waals surface area contributed by atoms with Gasteiger partial charge >= 0.3 is 0 Å². The van der Waals surface area contributed by atoms with Crippen LogP contribution in [0, 0.1) is 13.8 Å². The van der Waals surface area contributed by atoms with Gasteiger partial charge in [0.25, 0.3) is 0 Å². The minimum absolute atomic E-state index is 0.0222. The highest BCUT2D eigenvalue weighted by atomic mass is 32.2. The Labute approximate surface area is 159 Å². The predicted molar refractivity (Wildman–Crippen MR) is 104 cm³/mol. The number of rotatable bonds is 7. The Hall–Kier alpha value is -2.58. The van der Waals surface area contributed by atoms with Crippen molar-refractivity contribution < 1.29 is 22.7 Å². The van der Waals surface area contributed by atoms with E-state index in [-0.39, 0.29) is 10.6 Å². The van der Waals surface area contributed by atoms with Crippen LogP contribution in [0.4, 0.5) is 5.69 Å². The first-order chi connectivity index (χ1) is 12.7. The molecular weight excluding hydrogens is 368 g/mol. The molecule has 0 aliphatic heterocycles. The second-order valence-corrected chi connectivity index (χ2v) is 7.86. The van der Waals surface area contributed by atoms with Gasteiger partial charge in [-0.1, -0.05) is 6.07 Å². The third-order valence-corrected chi connectivity index (χ3v) is 5.70. The van der Waals surface area contributed by atoms with Crippen LogP contribution in [0.3, 0.4) is 0 Å². The fourth-order valence-corrected chi connectivity index (χ4v) is 3.63. The molecule has 1 atom stereocenters. The van der Waals surface area contributed by atoms with E-state index in [0.29, 0.717) is 11.4 Å². The number of sulfonamides is 1. The van der Waals surface area contributed by atoms with Crippen molar-refractivity contribution in [2.24, 2.45) is 0 Å². The number of hydrogen-bond donors (Lipinski definition) is 2. The zero-order valence-electron chi connectivity index (χ0n) is 16.0. The first-order valence-corrected chi connectivity index (χ1v) is 9.78. The van der Waals surface area contributed by atoms with Crippen LogP contribution in [0.5, 0.6) is 11.5 Å². The Kier molecular flexibility index (Phi) is 6.45. The van der Waals surface area contributed by atoms with Gasteiger partial charge in [0.2, 0.25) is 15.9 Å².